The van der Waals surface area contributed by atoms with E-state index in [9.17, 15) is 0 Å². The molecule has 2 rings (SSSR count). The van der Waals surface area contributed by atoms with Crippen LogP contribution in [-0.2, 0) is 0 Å². The number of hydrogen-bond acceptors (Lipinski definition) is 4. The molecule has 0 amide bonds. The van der Waals surface area contributed by atoms with Crippen LogP contribution < -0.4 is 4.74 Å². The number of halogens is 1. The van der Waals surface area contributed by atoms with Gasteiger partial charge in [-0.25, -0.2) is 9.97 Å². The molecule has 87 valence electrons. The normalized spacial score (nSPS) is 10.2. The van der Waals surface area contributed by atoms with E-state index in [0.29, 0.717) is 21.0 Å². The lowest BCUT2D eigenvalue weighted by atomic mass is 10.4. The fraction of sp³-hybridized carbons (Fsp3) is 0.0909. The van der Waals surface area contributed by atoms with Crippen LogP contribution in [0.25, 0.3) is 0 Å². The van der Waals surface area contributed by atoms with E-state index in [1.807, 2.05) is 24.3 Å². The molecule has 0 aliphatic carbocycles. The minimum absolute atomic E-state index is 0.308. The van der Waals surface area contributed by atoms with Gasteiger partial charge in [-0.15, -0.1) is 0 Å². The Kier molecular flexibility index (Phi) is 4.04. The number of aromatic nitrogens is 2. The van der Waals surface area contributed by atoms with Gasteiger partial charge < -0.3 is 4.74 Å². The summed E-state index contributed by atoms with van der Waals surface area (Å²) in [6.07, 6.45) is 1.58. The highest BCUT2D eigenvalue weighted by Gasteiger charge is 2.08. The standard InChI is InChI=1S/C11H8ClN2OS2/c1-15-9-6-13-11(16)14-10(9)17-8-4-2-7(12)3-5-8/h2-6H,1H3. The van der Waals surface area contributed by atoms with E-state index in [-0.39, 0.29) is 0 Å². The highest BCUT2D eigenvalue weighted by molar-refractivity contribution is 7.99. The molecule has 0 spiro atoms. The fourth-order valence-electron chi connectivity index (χ4n) is 1.17. The van der Waals surface area contributed by atoms with E-state index in [2.05, 4.69) is 9.97 Å². The first-order valence-electron chi connectivity index (χ1n) is 4.70. The third-order valence-corrected chi connectivity index (χ3v) is 3.39. The first-order valence-corrected chi connectivity index (χ1v) is 6.31. The smallest absolute Gasteiger partial charge is 0.220 e. The minimum atomic E-state index is 0.308. The van der Waals surface area contributed by atoms with Crippen LogP contribution in [0.2, 0.25) is 5.02 Å². The Morgan fingerprint density at radius 2 is 2.00 bits per heavy atom. The maximum absolute atomic E-state index is 5.82. The second-order valence-electron chi connectivity index (χ2n) is 3.08. The molecule has 0 aliphatic heterocycles. The molecule has 0 N–H and O–H groups in total. The van der Waals surface area contributed by atoms with Gasteiger partial charge in [0.05, 0.1) is 13.3 Å². The lowest BCUT2D eigenvalue weighted by Gasteiger charge is -2.06. The Bertz CT molecular complexity index is 519. The van der Waals surface area contributed by atoms with Crippen molar-refractivity contribution in [3.05, 3.63) is 35.5 Å². The highest BCUT2D eigenvalue weighted by Crippen LogP contribution is 2.33. The zero-order valence-corrected chi connectivity index (χ0v) is 11.3. The van der Waals surface area contributed by atoms with Gasteiger partial charge in [0.2, 0.25) is 5.16 Å². The molecule has 6 heteroatoms. The maximum Gasteiger partial charge on any atom is 0.220 e. The zero-order valence-electron chi connectivity index (χ0n) is 8.88. The summed E-state index contributed by atoms with van der Waals surface area (Å²) in [5.41, 5.74) is 0. The Hall–Kier alpha value is -1.04. The molecule has 1 aromatic heterocycles. The second kappa shape index (κ2) is 5.53. The van der Waals surface area contributed by atoms with Crippen LogP contribution in [-0.4, -0.2) is 17.1 Å². The molecule has 1 aromatic carbocycles. The van der Waals surface area contributed by atoms with E-state index in [1.54, 1.807) is 13.3 Å². The average molecular weight is 284 g/mol. The minimum Gasteiger partial charge on any atom is -0.492 e. The molecule has 0 aliphatic rings. The zero-order chi connectivity index (χ0) is 12.3. The van der Waals surface area contributed by atoms with Gasteiger partial charge >= 0.3 is 0 Å². The predicted molar refractivity (Wildman–Crippen MR) is 70.0 cm³/mol. The third-order valence-electron chi connectivity index (χ3n) is 1.95. The van der Waals surface area contributed by atoms with Gasteiger partial charge in [-0.3, -0.25) is 0 Å². The highest BCUT2D eigenvalue weighted by atomic mass is 35.5. The molecule has 0 fully saturated rings. The van der Waals surface area contributed by atoms with Gasteiger partial charge in [-0.2, -0.15) is 0 Å². The summed E-state index contributed by atoms with van der Waals surface area (Å²) in [7, 11) is 1.58. The third kappa shape index (κ3) is 3.21. The molecule has 0 unspecified atom stereocenters. The Morgan fingerprint density at radius 3 is 2.65 bits per heavy atom. The summed E-state index contributed by atoms with van der Waals surface area (Å²) in [6, 6.07) is 7.48. The van der Waals surface area contributed by atoms with Gasteiger partial charge in [-0.1, -0.05) is 23.4 Å². The lowest BCUT2D eigenvalue weighted by molar-refractivity contribution is 0.396. The predicted octanol–water partition coefficient (Wildman–Crippen LogP) is 3.85. The van der Waals surface area contributed by atoms with Crippen LogP contribution in [0, 0.1) is 0 Å². The van der Waals surface area contributed by atoms with E-state index in [4.69, 9.17) is 29.0 Å². The molecule has 2 aromatic rings. The van der Waals surface area contributed by atoms with E-state index >= 15 is 0 Å². The number of rotatable bonds is 3. The SMILES string of the molecule is COc1cnc([S])nc1Sc1ccc(Cl)cc1. The van der Waals surface area contributed by atoms with Crippen LogP contribution in [0.4, 0.5) is 0 Å². The molecule has 17 heavy (non-hydrogen) atoms. The van der Waals surface area contributed by atoms with Crippen molar-refractivity contribution in [3.63, 3.8) is 0 Å². The van der Waals surface area contributed by atoms with Gasteiger partial charge in [0, 0.05) is 9.92 Å². The van der Waals surface area contributed by atoms with Crippen molar-refractivity contribution < 1.29 is 4.74 Å². The van der Waals surface area contributed by atoms with Gasteiger partial charge in [0.1, 0.15) is 5.03 Å². The van der Waals surface area contributed by atoms with Crippen molar-refractivity contribution in [2.45, 2.75) is 15.1 Å². The molecular formula is C11H8ClN2OS2. The van der Waals surface area contributed by atoms with Gasteiger partial charge in [0.25, 0.3) is 0 Å². The Balaban J connectivity index is 2.28. The molecule has 3 nitrogen and oxygen atoms in total. The lowest BCUT2D eigenvalue weighted by Crippen LogP contribution is -1.92. The summed E-state index contributed by atoms with van der Waals surface area (Å²) in [5, 5.41) is 1.71. The van der Waals surface area contributed by atoms with Crippen LogP contribution in [0.5, 0.6) is 5.75 Å². The number of benzene rings is 1. The maximum atomic E-state index is 5.82. The van der Waals surface area contributed by atoms with Crippen LogP contribution in [0.3, 0.4) is 0 Å². The Labute approximate surface area is 114 Å². The molecule has 0 saturated carbocycles. The van der Waals surface area contributed by atoms with Crippen molar-refractivity contribution in [1.29, 1.82) is 0 Å². The Morgan fingerprint density at radius 1 is 1.29 bits per heavy atom. The van der Waals surface area contributed by atoms with E-state index in [1.165, 1.54) is 11.8 Å². The van der Waals surface area contributed by atoms with Crippen molar-refractivity contribution in [1.82, 2.24) is 9.97 Å². The van der Waals surface area contributed by atoms with Crippen molar-refractivity contribution >= 4 is 36.0 Å². The number of ether oxygens (including phenoxy) is 1. The van der Waals surface area contributed by atoms with Crippen molar-refractivity contribution in [2.24, 2.45) is 0 Å². The average Bonchev–Trinajstić information content (AvgIpc) is 2.32. The largest absolute Gasteiger partial charge is 0.492 e. The molecule has 1 heterocycles. The first-order chi connectivity index (χ1) is 8.19. The van der Waals surface area contributed by atoms with Crippen molar-refractivity contribution in [2.75, 3.05) is 7.11 Å². The molecule has 1 radical (unpaired) electrons. The first kappa shape index (κ1) is 12.4. The number of methoxy groups -OCH3 is 1. The molecule has 0 saturated heterocycles. The number of nitrogens with zero attached hydrogens (tertiary/aromatic N) is 2. The fourth-order valence-corrected chi connectivity index (χ4v) is 2.36. The molecule has 0 bridgehead atoms. The van der Waals surface area contributed by atoms with Crippen molar-refractivity contribution in [3.8, 4) is 5.75 Å². The van der Waals surface area contributed by atoms with Crippen LogP contribution in [0.15, 0.2) is 45.5 Å². The summed E-state index contributed by atoms with van der Waals surface area (Å²) in [5.74, 6) is 0.610. The van der Waals surface area contributed by atoms with E-state index < -0.39 is 0 Å². The van der Waals surface area contributed by atoms with E-state index in [0.717, 1.165) is 4.90 Å². The summed E-state index contributed by atoms with van der Waals surface area (Å²) < 4.78 is 5.18. The van der Waals surface area contributed by atoms with Gasteiger partial charge in [-0.05, 0) is 36.9 Å². The van der Waals surface area contributed by atoms with Crippen LogP contribution in [0.1, 0.15) is 0 Å². The summed E-state index contributed by atoms with van der Waals surface area (Å²) in [4.78, 5) is 9.10. The second-order valence-corrected chi connectivity index (χ2v) is 4.95. The number of hydrogen-bond donors (Lipinski definition) is 0. The van der Waals surface area contributed by atoms with Gasteiger partial charge in [0.15, 0.2) is 5.75 Å². The molecular weight excluding hydrogens is 276 g/mol. The van der Waals surface area contributed by atoms with Crippen LogP contribution >= 0.6 is 36.0 Å². The topological polar surface area (TPSA) is 35.0 Å². The monoisotopic (exact) mass is 283 g/mol. The molecule has 0 atom stereocenters. The summed E-state index contributed by atoms with van der Waals surface area (Å²) >= 11 is 12.2. The summed E-state index contributed by atoms with van der Waals surface area (Å²) in [6.45, 7) is 0. The quantitative estimate of drug-likeness (QED) is 0.633.